The summed E-state index contributed by atoms with van der Waals surface area (Å²) in [6, 6.07) is 0.237. The summed E-state index contributed by atoms with van der Waals surface area (Å²) in [7, 11) is 1.93. The van der Waals surface area contributed by atoms with Crippen molar-refractivity contribution in [3.63, 3.8) is 0 Å². The van der Waals surface area contributed by atoms with Gasteiger partial charge in [0.25, 0.3) is 0 Å². The zero-order valence-corrected chi connectivity index (χ0v) is 11.1. The molecule has 2 N–H and O–H groups in total. The maximum atomic E-state index is 5.93. The summed E-state index contributed by atoms with van der Waals surface area (Å²) in [6.45, 7) is 2.99. The van der Waals surface area contributed by atoms with Gasteiger partial charge < -0.3 is 5.73 Å². The van der Waals surface area contributed by atoms with E-state index in [0.29, 0.717) is 0 Å². The molecule has 18 heavy (non-hydrogen) atoms. The zero-order chi connectivity index (χ0) is 13.0. The minimum atomic E-state index is 0.237. The van der Waals surface area contributed by atoms with Gasteiger partial charge in [-0.2, -0.15) is 10.2 Å². The zero-order valence-electron chi connectivity index (χ0n) is 11.1. The fraction of sp³-hybridized carbons (Fsp3) is 0.538. The molecule has 2 aromatic rings. The molecule has 1 atom stereocenters. The average Bonchev–Trinajstić information content (AvgIpc) is 2.96. The van der Waals surface area contributed by atoms with E-state index in [9.17, 15) is 0 Å². The van der Waals surface area contributed by atoms with Gasteiger partial charge in [-0.3, -0.25) is 9.36 Å². The average molecular weight is 247 g/mol. The molecule has 2 heterocycles. The Labute approximate surface area is 108 Å². The monoisotopic (exact) mass is 247 g/mol. The molecule has 1 unspecified atom stereocenters. The molecular formula is C13H21N5. The van der Waals surface area contributed by atoms with Crippen LogP contribution in [0.1, 0.15) is 24.5 Å². The Hall–Kier alpha value is -1.62. The highest BCUT2D eigenvalue weighted by atomic mass is 15.3. The van der Waals surface area contributed by atoms with Crippen LogP contribution >= 0.6 is 0 Å². The van der Waals surface area contributed by atoms with Crippen LogP contribution in [0.15, 0.2) is 24.8 Å². The number of aromatic nitrogens is 4. The maximum absolute atomic E-state index is 5.93. The minimum absolute atomic E-state index is 0.237. The molecule has 0 fully saturated rings. The molecule has 2 aromatic heterocycles. The van der Waals surface area contributed by atoms with Gasteiger partial charge in [-0.15, -0.1) is 0 Å². The molecule has 2 rings (SSSR count). The fourth-order valence-electron chi connectivity index (χ4n) is 1.93. The molecule has 0 spiro atoms. The molecule has 0 radical (unpaired) electrons. The first-order valence-electron chi connectivity index (χ1n) is 6.41. The quantitative estimate of drug-likeness (QED) is 0.832. The Morgan fingerprint density at radius 2 is 2.00 bits per heavy atom. The molecule has 0 amide bonds. The molecular weight excluding hydrogens is 226 g/mol. The largest absolute Gasteiger partial charge is 0.327 e. The number of nitrogens with zero attached hydrogens (tertiary/aromatic N) is 4. The Morgan fingerprint density at radius 1 is 1.22 bits per heavy atom. The van der Waals surface area contributed by atoms with Crippen molar-refractivity contribution in [2.75, 3.05) is 0 Å². The predicted octanol–water partition coefficient (Wildman–Crippen LogP) is 1.14. The molecule has 0 aromatic carbocycles. The van der Waals surface area contributed by atoms with Crippen molar-refractivity contribution in [3.8, 4) is 0 Å². The summed E-state index contributed by atoms with van der Waals surface area (Å²) in [6.07, 6.45) is 10.8. The Balaban J connectivity index is 1.86. The smallest absolute Gasteiger partial charge is 0.0522 e. The van der Waals surface area contributed by atoms with E-state index in [0.717, 1.165) is 25.8 Å². The van der Waals surface area contributed by atoms with Crippen molar-refractivity contribution >= 4 is 0 Å². The van der Waals surface area contributed by atoms with E-state index in [2.05, 4.69) is 23.3 Å². The molecule has 0 aliphatic rings. The van der Waals surface area contributed by atoms with Gasteiger partial charge in [0.15, 0.2) is 0 Å². The van der Waals surface area contributed by atoms with E-state index in [-0.39, 0.29) is 6.04 Å². The number of hydrogen-bond acceptors (Lipinski definition) is 3. The summed E-state index contributed by atoms with van der Waals surface area (Å²) in [5.74, 6) is 0. The second-order valence-corrected chi connectivity index (χ2v) is 4.76. The van der Waals surface area contributed by atoms with Crippen LogP contribution in [0.3, 0.4) is 0 Å². The van der Waals surface area contributed by atoms with Gasteiger partial charge in [0.2, 0.25) is 0 Å². The summed E-state index contributed by atoms with van der Waals surface area (Å²) < 4.78 is 3.80. The standard InChI is InChI=1S/C13H21N5/c1-3-13(14)6-12-8-16-18(10-12)5-4-11-7-15-17(2)9-11/h7-10,13H,3-6,14H2,1-2H3. The molecule has 5 heteroatoms. The van der Waals surface area contributed by atoms with Crippen molar-refractivity contribution in [1.82, 2.24) is 19.6 Å². The molecule has 0 saturated heterocycles. The van der Waals surface area contributed by atoms with Crippen LogP contribution in [-0.2, 0) is 26.4 Å². The van der Waals surface area contributed by atoms with Crippen LogP contribution in [0.5, 0.6) is 0 Å². The van der Waals surface area contributed by atoms with E-state index in [4.69, 9.17) is 5.73 Å². The highest BCUT2D eigenvalue weighted by Crippen LogP contribution is 2.05. The maximum Gasteiger partial charge on any atom is 0.0522 e. The minimum Gasteiger partial charge on any atom is -0.327 e. The van der Waals surface area contributed by atoms with E-state index >= 15 is 0 Å². The van der Waals surface area contributed by atoms with Crippen LogP contribution in [-0.4, -0.2) is 25.6 Å². The first-order valence-corrected chi connectivity index (χ1v) is 6.41. The first kappa shape index (κ1) is 12.8. The van der Waals surface area contributed by atoms with Crippen LogP contribution in [0.2, 0.25) is 0 Å². The van der Waals surface area contributed by atoms with Gasteiger partial charge in [0.1, 0.15) is 0 Å². The lowest BCUT2D eigenvalue weighted by Gasteiger charge is -2.05. The van der Waals surface area contributed by atoms with Gasteiger partial charge in [-0.25, -0.2) is 0 Å². The van der Waals surface area contributed by atoms with E-state index in [1.165, 1.54) is 11.1 Å². The third-order valence-corrected chi connectivity index (χ3v) is 3.10. The molecule has 0 saturated carbocycles. The van der Waals surface area contributed by atoms with Gasteiger partial charge in [-0.1, -0.05) is 6.92 Å². The van der Waals surface area contributed by atoms with Crippen molar-refractivity contribution in [3.05, 3.63) is 35.9 Å². The van der Waals surface area contributed by atoms with Gasteiger partial charge in [-0.05, 0) is 30.4 Å². The highest BCUT2D eigenvalue weighted by Gasteiger charge is 2.04. The lowest BCUT2D eigenvalue weighted by Crippen LogP contribution is -2.21. The van der Waals surface area contributed by atoms with Gasteiger partial charge in [0, 0.05) is 32.0 Å². The van der Waals surface area contributed by atoms with Gasteiger partial charge >= 0.3 is 0 Å². The molecule has 0 bridgehead atoms. The second kappa shape index (κ2) is 5.82. The molecule has 0 aliphatic carbocycles. The second-order valence-electron chi connectivity index (χ2n) is 4.76. The Kier molecular flexibility index (Phi) is 4.15. The van der Waals surface area contributed by atoms with Crippen LogP contribution in [0.25, 0.3) is 0 Å². The van der Waals surface area contributed by atoms with Crippen LogP contribution < -0.4 is 5.73 Å². The van der Waals surface area contributed by atoms with Crippen molar-refractivity contribution in [1.29, 1.82) is 0 Å². The van der Waals surface area contributed by atoms with Crippen LogP contribution in [0, 0.1) is 0 Å². The summed E-state index contributed by atoms with van der Waals surface area (Å²) >= 11 is 0. The third kappa shape index (κ3) is 3.43. The molecule has 0 aliphatic heterocycles. The normalized spacial score (nSPS) is 12.8. The summed E-state index contributed by atoms with van der Waals surface area (Å²) in [5, 5.41) is 8.51. The lowest BCUT2D eigenvalue weighted by atomic mass is 10.1. The van der Waals surface area contributed by atoms with Crippen LogP contribution in [0.4, 0.5) is 0 Å². The summed E-state index contributed by atoms with van der Waals surface area (Å²) in [5.41, 5.74) is 8.39. The number of nitrogens with two attached hydrogens (primary N) is 1. The van der Waals surface area contributed by atoms with E-state index < -0.39 is 0 Å². The van der Waals surface area contributed by atoms with Crippen molar-refractivity contribution in [2.24, 2.45) is 12.8 Å². The van der Waals surface area contributed by atoms with Crippen molar-refractivity contribution in [2.45, 2.75) is 38.8 Å². The number of aryl methyl sites for hydroxylation is 3. The first-order chi connectivity index (χ1) is 8.67. The fourth-order valence-corrected chi connectivity index (χ4v) is 1.93. The Bertz CT molecular complexity index is 485. The molecule has 5 nitrogen and oxygen atoms in total. The lowest BCUT2D eigenvalue weighted by molar-refractivity contribution is 0.611. The Morgan fingerprint density at radius 3 is 2.67 bits per heavy atom. The number of rotatable bonds is 6. The number of hydrogen-bond donors (Lipinski definition) is 1. The third-order valence-electron chi connectivity index (χ3n) is 3.10. The highest BCUT2D eigenvalue weighted by molar-refractivity contribution is 5.07. The van der Waals surface area contributed by atoms with Gasteiger partial charge in [0.05, 0.1) is 12.4 Å². The SMILES string of the molecule is CCC(N)Cc1cnn(CCc2cnn(C)c2)c1. The predicted molar refractivity (Wildman–Crippen MR) is 71.1 cm³/mol. The molecule has 98 valence electrons. The van der Waals surface area contributed by atoms with E-state index in [1.807, 2.05) is 35.0 Å². The van der Waals surface area contributed by atoms with Crippen molar-refractivity contribution < 1.29 is 0 Å². The summed E-state index contributed by atoms with van der Waals surface area (Å²) in [4.78, 5) is 0. The van der Waals surface area contributed by atoms with E-state index in [1.54, 1.807) is 0 Å². The topological polar surface area (TPSA) is 61.7 Å².